The van der Waals surface area contributed by atoms with Crippen molar-refractivity contribution < 1.29 is 14.3 Å². The molecule has 0 spiro atoms. The fourth-order valence-electron chi connectivity index (χ4n) is 2.73. The Morgan fingerprint density at radius 2 is 1.88 bits per heavy atom. The van der Waals surface area contributed by atoms with Gasteiger partial charge in [0.2, 0.25) is 0 Å². The van der Waals surface area contributed by atoms with E-state index in [4.69, 9.17) is 16.3 Å². The van der Waals surface area contributed by atoms with Crippen molar-refractivity contribution >= 4 is 34.8 Å². The van der Waals surface area contributed by atoms with Gasteiger partial charge in [0.1, 0.15) is 6.61 Å². The zero-order valence-corrected chi connectivity index (χ0v) is 14.7. The normalized spacial score (nSPS) is 15.3. The summed E-state index contributed by atoms with van der Waals surface area (Å²) in [7, 11) is 0. The second-order valence-corrected chi connectivity index (χ2v) is 7.16. The summed E-state index contributed by atoms with van der Waals surface area (Å²) in [5.74, 6) is -0.268. The van der Waals surface area contributed by atoms with Crippen LogP contribution in [0.15, 0.2) is 41.8 Å². The summed E-state index contributed by atoms with van der Waals surface area (Å²) < 4.78 is 5.39. The van der Waals surface area contributed by atoms with E-state index in [1.807, 2.05) is 34.5 Å². The van der Waals surface area contributed by atoms with Gasteiger partial charge in [-0.15, -0.1) is 11.3 Å². The number of piperidine rings is 1. The molecule has 1 aliphatic heterocycles. The van der Waals surface area contributed by atoms with Crippen molar-refractivity contribution in [2.45, 2.75) is 19.4 Å². The molecule has 0 aliphatic carbocycles. The van der Waals surface area contributed by atoms with E-state index in [1.165, 1.54) is 11.3 Å². The SMILES string of the molecule is O=C(OCc1ccc(Cl)cc1)C1CCN(C(=O)c2cccs2)CC1. The van der Waals surface area contributed by atoms with Gasteiger partial charge in [0.25, 0.3) is 5.91 Å². The van der Waals surface area contributed by atoms with Crippen LogP contribution in [0.2, 0.25) is 5.02 Å². The number of ether oxygens (including phenoxy) is 1. The molecular formula is C18H18ClNO3S. The molecule has 1 aromatic carbocycles. The van der Waals surface area contributed by atoms with Gasteiger partial charge in [0.15, 0.2) is 0 Å². The Balaban J connectivity index is 1.46. The number of halogens is 1. The van der Waals surface area contributed by atoms with E-state index in [9.17, 15) is 9.59 Å². The molecule has 2 aromatic rings. The molecule has 1 saturated heterocycles. The van der Waals surface area contributed by atoms with Gasteiger partial charge in [0, 0.05) is 18.1 Å². The number of benzene rings is 1. The van der Waals surface area contributed by atoms with Crippen LogP contribution in [0.1, 0.15) is 28.1 Å². The average molecular weight is 364 g/mol. The van der Waals surface area contributed by atoms with Gasteiger partial charge in [-0.1, -0.05) is 29.8 Å². The van der Waals surface area contributed by atoms with Crippen molar-refractivity contribution in [2.24, 2.45) is 5.92 Å². The maximum atomic E-state index is 12.3. The molecule has 4 nitrogen and oxygen atoms in total. The molecule has 0 unspecified atom stereocenters. The van der Waals surface area contributed by atoms with Gasteiger partial charge in [0.05, 0.1) is 10.8 Å². The lowest BCUT2D eigenvalue weighted by Gasteiger charge is -2.30. The Morgan fingerprint density at radius 3 is 2.50 bits per heavy atom. The molecule has 0 atom stereocenters. The minimum Gasteiger partial charge on any atom is -0.461 e. The average Bonchev–Trinajstić information content (AvgIpc) is 3.15. The summed E-state index contributed by atoms with van der Waals surface area (Å²) in [6.07, 6.45) is 1.30. The standard InChI is InChI=1S/C18H18ClNO3S/c19-15-5-3-13(4-6-15)12-23-18(22)14-7-9-20(10-8-14)17(21)16-2-1-11-24-16/h1-6,11,14H,7-10,12H2. The molecule has 24 heavy (non-hydrogen) atoms. The molecule has 3 rings (SSSR count). The number of amides is 1. The largest absolute Gasteiger partial charge is 0.461 e. The van der Waals surface area contributed by atoms with E-state index in [1.54, 1.807) is 12.1 Å². The first-order valence-electron chi connectivity index (χ1n) is 7.87. The van der Waals surface area contributed by atoms with Gasteiger partial charge in [-0.3, -0.25) is 9.59 Å². The number of likely N-dealkylation sites (tertiary alicyclic amines) is 1. The summed E-state index contributed by atoms with van der Waals surface area (Å²) in [6, 6.07) is 11.0. The lowest BCUT2D eigenvalue weighted by Crippen LogP contribution is -2.40. The van der Waals surface area contributed by atoms with Crippen LogP contribution in [0.3, 0.4) is 0 Å². The van der Waals surface area contributed by atoms with Crippen LogP contribution in [-0.2, 0) is 16.1 Å². The minimum atomic E-state index is -0.187. The van der Waals surface area contributed by atoms with E-state index >= 15 is 0 Å². The Hall–Kier alpha value is -1.85. The van der Waals surface area contributed by atoms with E-state index in [0.29, 0.717) is 31.0 Å². The number of carbonyl (C=O) groups excluding carboxylic acids is 2. The summed E-state index contributed by atoms with van der Waals surface area (Å²) >= 11 is 7.28. The van der Waals surface area contributed by atoms with Crippen LogP contribution in [0, 0.1) is 5.92 Å². The van der Waals surface area contributed by atoms with E-state index in [-0.39, 0.29) is 24.4 Å². The summed E-state index contributed by atoms with van der Waals surface area (Å²) in [4.78, 5) is 27.0. The Labute approximate surface area is 150 Å². The highest BCUT2D eigenvalue weighted by atomic mass is 35.5. The van der Waals surface area contributed by atoms with Crippen molar-refractivity contribution in [3.8, 4) is 0 Å². The Kier molecular flexibility index (Phi) is 5.53. The number of hydrogen-bond donors (Lipinski definition) is 0. The first kappa shape index (κ1) is 17.0. The number of hydrogen-bond acceptors (Lipinski definition) is 4. The molecular weight excluding hydrogens is 346 g/mol. The topological polar surface area (TPSA) is 46.6 Å². The van der Waals surface area contributed by atoms with Crippen molar-refractivity contribution in [3.05, 3.63) is 57.2 Å². The number of esters is 1. The quantitative estimate of drug-likeness (QED) is 0.771. The summed E-state index contributed by atoms with van der Waals surface area (Å²) in [5.41, 5.74) is 0.915. The molecule has 2 heterocycles. The van der Waals surface area contributed by atoms with Crippen molar-refractivity contribution in [1.82, 2.24) is 4.90 Å². The van der Waals surface area contributed by atoms with Crippen LogP contribution in [-0.4, -0.2) is 29.9 Å². The maximum absolute atomic E-state index is 12.3. The molecule has 0 bridgehead atoms. The fourth-order valence-corrected chi connectivity index (χ4v) is 3.54. The van der Waals surface area contributed by atoms with E-state index < -0.39 is 0 Å². The molecule has 1 aromatic heterocycles. The summed E-state index contributed by atoms with van der Waals surface area (Å²) in [5, 5.41) is 2.56. The lowest BCUT2D eigenvalue weighted by molar-refractivity contribution is -0.151. The monoisotopic (exact) mass is 363 g/mol. The molecule has 1 aliphatic rings. The summed E-state index contributed by atoms with van der Waals surface area (Å²) in [6.45, 7) is 1.44. The third kappa shape index (κ3) is 4.16. The van der Waals surface area contributed by atoms with Crippen molar-refractivity contribution in [3.63, 3.8) is 0 Å². The van der Waals surface area contributed by atoms with E-state index in [0.717, 1.165) is 10.4 Å². The van der Waals surface area contributed by atoms with Crippen LogP contribution in [0.5, 0.6) is 0 Å². The van der Waals surface area contributed by atoms with Crippen molar-refractivity contribution in [1.29, 1.82) is 0 Å². The molecule has 6 heteroatoms. The van der Waals surface area contributed by atoms with Crippen LogP contribution in [0.4, 0.5) is 0 Å². The second kappa shape index (κ2) is 7.81. The molecule has 126 valence electrons. The zero-order valence-electron chi connectivity index (χ0n) is 13.1. The molecule has 1 fully saturated rings. The number of rotatable bonds is 4. The van der Waals surface area contributed by atoms with Gasteiger partial charge in [-0.05, 0) is 42.0 Å². The highest BCUT2D eigenvalue weighted by molar-refractivity contribution is 7.12. The Bertz CT molecular complexity index is 692. The first-order valence-corrected chi connectivity index (χ1v) is 9.13. The number of nitrogens with zero attached hydrogens (tertiary/aromatic N) is 1. The maximum Gasteiger partial charge on any atom is 0.309 e. The lowest BCUT2D eigenvalue weighted by atomic mass is 9.97. The van der Waals surface area contributed by atoms with Crippen molar-refractivity contribution in [2.75, 3.05) is 13.1 Å². The third-order valence-electron chi connectivity index (χ3n) is 4.14. The molecule has 1 amide bonds. The zero-order chi connectivity index (χ0) is 16.9. The predicted octanol–water partition coefficient (Wildman–Crippen LogP) is 4.00. The van der Waals surface area contributed by atoms with Gasteiger partial charge in [-0.25, -0.2) is 0 Å². The minimum absolute atomic E-state index is 0.0537. The molecule has 0 radical (unpaired) electrons. The van der Waals surface area contributed by atoms with Crippen LogP contribution < -0.4 is 0 Å². The van der Waals surface area contributed by atoms with Gasteiger partial charge in [-0.2, -0.15) is 0 Å². The van der Waals surface area contributed by atoms with Crippen LogP contribution >= 0.6 is 22.9 Å². The van der Waals surface area contributed by atoms with Gasteiger partial charge >= 0.3 is 5.97 Å². The third-order valence-corrected chi connectivity index (χ3v) is 5.25. The fraction of sp³-hybridized carbons (Fsp3) is 0.333. The highest BCUT2D eigenvalue weighted by Crippen LogP contribution is 2.22. The molecule has 0 saturated carbocycles. The predicted molar refractivity (Wildman–Crippen MR) is 94.2 cm³/mol. The second-order valence-electron chi connectivity index (χ2n) is 5.78. The number of carbonyl (C=O) groups is 2. The number of thiophene rings is 1. The Morgan fingerprint density at radius 1 is 1.17 bits per heavy atom. The molecule has 0 N–H and O–H groups in total. The van der Waals surface area contributed by atoms with Gasteiger partial charge < -0.3 is 9.64 Å². The van der Waals surface area contributed by atoms with E-state index in [2.05, 4.69) is 0 Å². The smallest absolute Gasteiger partial charge is 0.309 e. The van der Waals surface area contributed by atoms with Crippen LogP contribution in [0.25, 0.3) is 0 Å². The highest BCUT2D eigenvalue weighted by Gasteiger charge is 2.29. The first-order chi connectivity index (χ1) is 11.6.